The molecule has 4 aliphatic rings. The van der Waals surface area contributed by atoms with Crippen molar-refractivity contribution in [3.8, 4) is 0 Å². The van der Waals surface area contributed by atoms with Gasteiger partial charge in [-0.3, -0.25) is 14.7 Å². The molecule has 1 saturated carbocycles. The van der Waals surface area contributed by atoms with Crippen molar-refractivity contribution in [2.24, 2.45) is 11.8 Å². The lowest BCUT2D eigenvalue weighted by atomic mass is 9.76. The van der Waals surface area contributed by atoms with Crippen LogP contribution in [0.15, 0.2) is 18.2 Å². The number of piperidine rings is 3. The van der Waals surface area contributed by atoms with Gasteiger partial charge >= 0.3 is 0 Å². The molecule has 2 aromatic rings. The topological polar surface area (TPSA) is 86.3 Å². The molecule has 0 radical (unpaired) electrons. The van der Waals surface area contributed by atoms with Gasteiger partial charge in [0.15, 0.2) is 5.78 Å². The van der Waals surface area contributed by atoms with Gasteiger partial charge in [0.25, 0.3) is 6.47 Å². The van der Waals surface area contributed by atoms with Crippen molar-refractivity contribution >= 4 is 23.2 Å². The van der Waals surface area contributed by atoms with Crippen molar-refractivity contribution in [1.29, 1.82) is 0 Å². The summed E-state index contributed by atoms with van der Waals surface area (Å²) in [5, 5.41) is 15.3. The standard InChI is InChI=1S/C19H23N3O.CH2O2/c23-18(10-15-11-22-7-5-13(15)6-8-22)19-16-9-14(12-1-2-12)3-4-17(16)20-21-19;2-1-3/h3-4,9,12-13,15H,1-2,5-8,10-11H2,(H,20,21);1H,(H,2,3)/t15-;/m0./s1. The normalized spacial score (nSPS) is 27.0. The van der Waals surface area contributed by atoms with Crippen LogP contribution in [0.2, 0.25) is 0 Å². The largest absolute Gasteiger partial charge is 0.483 e. The van der Waals surface area contributed by atoms with E-state index in [1.807, 2.05) is 0 Å². The molecule has 2 bridgehead atoms. The van der Waals surface area contributed by atoms with Crippen LogP contribution in [0.25, 0.3) is 10.9 Å². The van der Waals surface area contributed by atoms with E-state index in [1.54, 1.807) is 0 Å². The molecule has 6 heteroatoms. The minimum Gasteiger partial charge on any atom is -0.483 e. The van der Waals surface area contributed by atoms with Crippen LogP contribution < -0.4 is 0 Å². The Labute approximate surface area is 152 Å². The number of rotatable bonds is 4. The van der Waals surface area contributed by atoms with E-state index in [0.717, 1.165) is 23.4 Å². The molecule has 0 unspecified atom stereocenters. The molecule has 1 aromatic heterocycles. The van der Waals surface area contributed by atoms with Crippen molar-refractivity contribution in [1.82, 2.24) is 15.1 Å². The lowest BCUT2D eigenvalue weighted by Gasteiger charge is -2.44. The minimum absolute atomic E-state index is 0.225. The van der Waals surface area contributed by atoms with Gasteiger partial charge in [0.05, 0.1) is 5.52 Å². The fourth-order valence-electron chi connectivity index (χ4n) is 4.57. The van der Waals surface area contributed by atoms with Crippen LogP contribution >= 0.6 is 0 Å². The number of hydrogen-bond acceptors (Lipinski definition) is 4. The maximum atomic E-state index is 12.9. The third kappa shape index (κ3) is 3.38. The van der Waals surface area contributed by atoms with Crippen molar-refractivity contribution in [3.63, 3.8) is 0 Å². The second-order valence-corrected chi connectivity index (χ2v) is 7.78. The van der Waals surface area contributed by atoms with Gasteiger partial charge in [-0.15, -0.1) is 0 Å². The van der Waals surface area contributed by atoms with E-state index in [4.69, 9.17) is 9.90 Å². The van der Waals surface area contributed by atoms with Gasteiger partial charge in [-0.2, -0.15) is 5.10 Å². The Hall–Kier alpha value is -2.21. The van der Waals surface area contributed by atoms with E-state index < -0.39 is 0 Å². The smallest absolute Gasteiger partial charge is 0.290 e. The van der Waals surface area contributed by atoms with Crippen LogP contribution in [-0.2, 0) is 4.79 Å². The van der Waals surface area contributed by atoms with E-state index in [0.29, 0.717) is 24.0 Å². The number of ketones is 1. The number of benzene rings is 1. The molecule has 6 rings (SSSR count). The third-order valence-corrected chi connectivity index (χ3v) is 6.14. The summed E-state index contributed by atoms with van der Waals surface area (Å²) >= 11 is 0. The quantitative estimate of drug-likeness (QED) is 0.650. The molecule has 6 nitrogen and oxygen atoms in total. The maximum Gasteiger partial charge on any atom is 0.290 e. The van der Waals surface area contributed by atoms with Crippen molar-refractivity contribution in [3.05, 3.63) is 29.5 Å². The highest BCUT2D eigenvalue weighted by Crippen LogP contribution is 2.41. The number of fused-ring (bicyclic) bond motifs is 4. The van der Waals surface area contributed by atoms with Gasteiger partial charge in [-0.1, -0.05) is 6.07 Å². The number of nitrogens with zero attached hydrogens (tertiary/aromatic N) is 2. The SMILES string of the molecule is O=C(C[C@H]1CN2CCC1CC2)c1n[nH]c2ccc(C3CC3)cc12.O=CO. The first-order chi connectivity index (χ1) is 12.7. The summed E-state index contributed by atoms with van der Waals surface area (Å²) in [4.78, 5) is 23.7. The van der Waals surface area contributed by atoms with E-state index in [2.05, 4.69) is 33.3 Å². The molecular weight excluding hydrogens is 330 g/mol. The first-order valence-corrected chi connectivity index (χ1v) is 9.51. The van der Waals surface area contributed by atoms with Crippen molar-refractivity contribution < 1.29 is 14.7 Å². The van der Waals surface area contributed by atoms with E-state index in [1.165, 1.54) is 44.3 Å². The molecule has 3 aliphatic heterocycles. The lowest BCUT2D eigenvalue weighted by Crippen LogP contribution is -2.47. The summed E-state index contributed by atoms with van der Waals surface area (Å²) in [5.74, 6) is 2.21. The fraction of sp³-hybridized carbons (Fsp3) is 0.550. The number of carbonyl (C=O) groups excluding carboxylic acids is 1. The summed E-state index contributed by atoms with van der Waals surface area (Å²) in [7, 11) is 0. The predicted molar refractivity (Wildman–Crippen MR) is 98.4 cm³/mol. The Morgan fingerprint density at radius 1 is 1.27 bits per heavy atom. The second-order valence-electron chi connectivity index (χ2n) is 7.78. The van der Waals surface area contributed by atoms with Gasteiger partial charge in [-0.25, -0.2) is 0 Å². The Bertz CT molecular complexity index is 804. The summed E-state index contributed by atoms with van der Waals surface area (Å²) < 4.78 is 0. The number of nitrogens with one attached hydrogen (secondary N) is 1. The summed E-state index contributed by atoms with van der Waals surface area (Å²) in [6.45, 7) is 3.31. The highest BCUT2D eigenvalue weighted by molar-refractivity contribution is 6.06. The highest BCUT2D eigenvalue weighted by atomic mass is 16.3. The number of H-pyrrole nitrogens is 1. The summed E-state index contributed by atoms with van der Waals surface area (Å²) in [5.41, 5.74) is 3.03. The molecule has 4 fully saturated rings. The number of carbonyl (C=O) groups is 2. The number of carboxylic acid groups (broad SMARTS) is 1. The fourth-order valence-corrected chi connectivity index (χ4v) is 4.57. The monoisotopic (exact) mass is 355 g/mol. The van der Waals surface area contributed by atoms with Crippen LogP contribution in [0.4, 0.5) is 0 Å². The van der Waals surface area contributed by atoms with E-state index in [9.17, 15) is 4.79 Å². The zero-order valence-electron chi connectivity index (χ0n) is 14.9. The Balaban J connectivity index is 0.000000527. The highest BCUT2D eigenvalue weighted by Gasteiger charge is 2.35. The van der Waals surface area contributed by atoms with Gasteiger partial charge in [0.1, 0.15) is 5.69 Å². The number of aromatic nitrogens is 2. The van der Waals surface area contributed by atoms with Crippen LogP contribution in [0.5, 0.6) is 0 Å². The Morgan fingerprint density at radius 2 is 2.00 bits per heavy atom. The van der Waals surface area contributed by atoms with Gasteiger partial charge in [-0.05, 0) is 74.2 Å². The molecule has 26 heavy (non-hydrogen) atoms. The van der Waals surface area contributed by atoms with E-state index >= 15 is 0 Å². The zero-order valence-corrected chi connectivity index (χ0v) is 14.9. The van der Waals surface area contributed by atoms with E-state index in [-0.39, 0.29) is 12.3 Å². The van der Waals surface area contributed by atoms with Crippen LogP contribution in [0, 0.1) is 11.8 Å². The molecule has 1 aliphatic carbocycles. The molecule has 2 N–H and O–H groups in total. The average molecular weight is 355 g/mol. The number of Topliss-reactive ketones (excluding diaryl/α,β-unsaturated/α-hetero) is 1. The molecule has 4 heterocycles. The Morgan fingerprint density at radius 3 is 2.62 bits per heavy atom. The van der Waals surface area contributed by atoms with Gasteiger partial charge in [0, 0.05) is 18.4 Å². The number of hydrogen-bond donors (Lipinski definition) is 2. The van der Waals surface area contributed by atoms with Crippen LogP contribution in [-0.4, -0.2) is 52.1 Å². The number of aromatic amines is 1. The van der Waals surface area contributed by atoms with Gasteiger partial charge in [0.2, 0.25) is 0 Å². The first-order valence-electron chi connectivity index (χ1n) is 9.51. The molecule has 0 amide bonds. The van der Waals surface area contributed by atoms with Crippen molar-refractivity contribution in [2.75, 3.05) is 19.6 Å². The molecule has 1 atom stereocenters. The predicted octanol–water partition coefficient (Wildman–Crippen LogP) is 3.06. The lowest BCUT2D eigenvalue weighted by molar-refractivity contribution is -0.122. The second kappa shape index (κ2) is 7.19. The maximum absolute atomic E-state index is 12.9. The molecule has 138 valence electrons. The Kier molecular flexibility index (Phi) is 4.76. The van der Waals surface area contributed by atoms with Gasteiger partial charge < -0.3 is 10.0 Å². The molecule has 0 spiro atoms. The summed E-state index contributed by atoms with van der Waals surface area (Å²) in [6.07, 6.45) is 5.77. The van der Waals surface area contributed by atoms with Crippen LogP contribution in [0.3, 0.4) is 0 Å². The minimum atomic E-state index is -0.250. The molecule has 1 aromatic carbocycles. The average Bonchev–Trinajstić information content (AvgIpc) is 3.42. The van der Waals surface area contributed by atoms with Crippen molar-refractivity contribution in [2.45, 2.75) is 38.0 Å². The molecular formula is C20H25N3O3. The zero-order chi connectivity index (χ0) is 18.1. The molecule has 3 saturated heterocycles. The third-order valence-electron chi connectivity index (χ3n) is 6.14. The van der Waals surface area contributed by atoms with Crippen LogP contribution in [0.1, 0.15) is 54.1 Å². The first kappa shape index (κ1) is 17.2. The summed E-state index contributed by atoms with van der Waals surface area (Å²) in [6, 6.07) is 6.46.